The van der Waals surface area contributed by atoms with E-state index >= 15 is 0 Å². The van der Waals surface area contributed by atoms with Crippen LogP contribution in [-0.2, 0) is 25.7 Å². The molecule has 0 saturated carbocycles. The van der Waals surface area contributed by atoms with E-state index in [0.717, 1.165) is 56.7 Å². The van der Waals surface area contributed by atoms with Crippen molar-refractivity contribution < 1.29 is 57.7 Å². The lowest BCUT2D eigenvalue weighted by atomic mass is 9.99. The first-order valence-corrected chi connectivity index (χ1v) is 32.7. The molecule has 1 aliphatic heterocycles. The molecule has 10 N–H and O–H groups in total. The van der Waals surface area contributed by atoms with Gasteiger partial charge in [0.1, 0.15) is 111 Å². The normalized spacial score (nSPS) is 17.1. The van der Waals surface area contributed by atoms with Gasteiger partial charge in [0.05, 0.1) is 36.2 Å². The molecule has 26 nitrogen and oxygen atoms in total. The number of alkyl carbamates (subject to hydrolysis) is 1. The molecule has 470 valence electrons. The Kier molecular flexibility index (Phi) is 19.6. The Labute approximate surface area is 540 Å². The number of aromatic amines is 1. The number of ether oxygens (including phenoxy) is 1. The van der Waals surface area contributed by atoms with E-state index in [1.165, 1.54) is 84.8 Å². The van der Waals surface area contributed by atoms with Crippen LogP contribution in [0.1, 0.15) is 123 Å². The number of rotatable bonds is 13. The molecule has 1 aromatic carbocycles. The van der Waals surface area contributed by atoms with Gasteiger partial charge in [-0.3, -0.25) is 33.6 Å². The van der Waals surface area contributed by atoms with Gasteiger partial charge in [0.15, 0.2) is 0 Å². The number of aliphatic hydroxyl groups excluding tert-OH is 1. The number of hydrogen-bond acceptors (Lipinski definition) is 24. The number of aliphatic hydroxyl groups is 2. The average molecular weight is 1350 g/mol. The number of amides is 7. The minimum atomic E-state index is -1.67. The number of thiazole rings is 6. The molecule has 0 radical (unpaired) electrons. The molecule has 5 unspecified atom stereocenters. The van der Waals surface area contributed by atoms with Crippen LogP contribution < -0.4 is 37.2 Å². The lowest BCUT2D eigenvalue weighted by Gasteiger charge is -2.28. The standard InChI is InChI=1S/C58H54FN15O11S6/c1-8-31(45(77)60-16-24(3)75)64-46(78)36-20-88-54(69-36)40-23-89-53(71-40)34-13-11-30-43(63-34)35-18-90-55(66-35)42(26(5)85-57(83)61-17-29-15-27-14-28(59)10-12-33(27)62-29)73-48(80)38-22-91-56(70-38)44(58(6,7)84)74-49(81)39-21-87-52(68-39)32(9-2)65-50(82)41(25(4)76)72-47(79)37-19-86-51(30)67-37/h8-15,18-23,25-26,41-42,44,62,76,84H,16-17H2,1-7H3,(H,60,77)(H,61,83)(H,64,78)(H,65,82)(H,72,79)(H,73,80)(H,74,81)/b31-8-,32-9-. The Balaban J connectivity index is 1.02. The second-order valence-corrected chi connectivity index (χ2v) is 26.0. The quantitative estimate of drug-likeness (QED) is 0.0501. The minimum absolute atomic E-state index is 0.00353. The van der Waals surface area contributed by atoms with Crippen LogP contribution in [0.15, 0.2) is 86.5 Å². The van der Waals surface area contributed by atoms with Gasteiger partial charge in [0.25, 0.3) is 29.5 Å². The van der Waals surface area contributed by atoms with Crippen LogP contribution >= 0.6 is 68.0 Å². The van der Waals surface area contributed by atoms with Gasteiger partial charge in [0.2, 0.25) is 5.91 Å². The Morgan fingerprint density at radius 3 is 2.03 bits per heavy atom. The maximum absolute atomic E-state index is 14.5. The van der Waals surface area contributed by atoms with E-state index < -0.39 is 83.3 Å². The fourth-order valence-corrected chi connectivity index (χ4v) is 14.1. The summed E-state index contributed by atoms with van der Waals surface area (Å²) in [6, 6.07) is 5.34. The van der Waals surface area contributed by atoms with Gasteiger partial charge in [-0.05, 0) is 84.9 Å². The van der Waals surface area contributed by atoms with E-state index in [4.69, 9.17) is 19.7 Å². The van der Waals surface area contributed by atoms with E-state index in [1.54, 1.807) is 55.8 Å². The maximum Gasteiger partial charge on any atom is 0.407 e. The van der Waals surface area contributed by atoms with Crippen molar-refractivity contribution in [3.63, 3.8) is 0 Å². The molecule has 0 fully saturated rings. The van der Waals surface area contributed by atoms with Crippen LogP contribution in [0.3, 0.4) is 0 Å². The molecule has 8 aromatic heterocycles. The number of fused-ring (bicyclic) bond motifs is 12. The van der Waals surface area contributed by atoms with E-state index in [9.17, 15) is 53.0 Å². The van der Waals surface area contributed by atoms with Crippen LogP contribution in [0, 0.1) is 5.82 Å². The molecule has 5 atom stereocenters. The van der Waals surface area contributed by atoms with Gasteiger partial charge in [0, 0.05) is 54.4 Å². The zero-order valence-corrected chi connectivity index (χ0v) is 53.8. The van der Waals surface area contributed by atoms with Crippen LogP contribution in [0.4, 0.5) is 9.18 Å². The van der Waals surface area contributed by atoms with Crippen molar-refractivity contribution in [1.29, 1.82) is 0 Å². The number of Topliss-reactive ketones (excluding diaryl/α,β-unsaturated/α-hetero) is 1. The third kappa shape index (κ3) is 15.0. The Bertz CT molecular complexity index is 4380. The van der Waals surface area contributed by atoms with E-state index in [-0.39, 0.29) is 84.5 Å². The number of ketones is 1. The number of carbonyl (C=O) groups excluding carboxylic acids is 8. The third-order valence-electron chi connectivity index (χ3n) is 13.5. The number of nitrogens with one attached hydrogen (secondary N) is 8. The van der Waals surface area contributed by atoms with Crippen molar-refractivity contribution >= 4 is 132 Å². The summed E-state index contributed by atoms with van der Waals surface area (Å²) in [6.45, 7) is 9.96. The molecule has 7 amide bonds. The number of allylic oxidation sites excluding steroid dienone is 2. The SMILES string of the molecule is C/C=C(\NC(=O)c1csc(-c2csc(-c3ccc4c(n3)-c3csc(n3)C(C(C)OC(=O)NCc3cc5cc(F)ccc5[nH]3)NC(=O)c3csc(n3)C(C(C)(C)O)NC(=O)c3csc(n3)/C(=C/C)NC(=O)C(C(C)O)NC(=O)c3csc-4n3)n2)n1)C(=O)NCC(C)=O. The largest absolute Gasteiger partial charge is 0.444 e. The third-order valence-corrected chi connectivity index (χ3v) is 18.8. The van der Waals surface area contributed by atoms with Crippen molar-refractivity contribution in [2.45, 2.75) is 90.9 Å². The lowest BCUT2D eigenvalue weighted by Crippen LogP contribution is -2.52. The molecule has 1 aliphatic rings. The van der Waals surface area contributed by atoms with Crippen molar-refractivity contribution in [2.75, 3.05) is 6.54 Å². The summed E-state index contributed by atoms with van der Waals surface area (Å²) in [4.78, 5) is 144. The van der Waals surface area contributed by atoms with Crippen molar-refractivity contribution in [1.82, 2.24) is 77.1 Å². The number of benzene rings is 1. The molecular formula is C58H54FN15O11S6. The molecule has 33 heteroatoms. The first-order chi connectivity index (χ1) is 43.4. The number of aromatic nitrogens is 8. The van der Waals surface area contributed by atoms with Gasteiger partial charge >= 0.3 is 6.09 Å². The van der Waals surface area contributed by atoms with Crippen LogP contribution in [0.5, 0.6) is 0 Å². The molecule has 10 rings (SSSR count). The second kappa shape index (κ2) is 27.5. The topological polar surface area (TPSA) is 376 Å². The Hall–Kier alpha value is -9.22. The van der Waals surface area contributed by atoms with E-state index in [1.807, 2.05) is 0 Å². The molecule has 0 spiro atoms. The lowest BCUT2D eigenvalue weighted by molar-refractivity contribution is -0.124. The highest BCUT2D eigenvalue weighted by atomic mass is 32.1. The first kappa shape index (κ1) is 64.8. The maximum atomic E-state index is 14.5. The van der Waals surface area contributed by atoms with Gasteiger partial charge in [-0.2, -0.15) is 0 Å². The predicted molar refractivity (Wildman–Crippen MR) is 340 cm³/mol. The molecule has 8 bridgehead atoms. The number of hydrogen-bond donors (Lipinski definition) is 10. The van der Waals surface area contributed by atoms with Crippen molar-refractivity contribution in [3.8, 4) is 43.4 Å². The van der Waals surface area contributed by atoms with Crippen LogP contribution in [-0.4, -0.2) is 128 Å². The monoisotopic (exact) mass is 1350 g/mol. The number of H-pyrrole nitrogens is 1. The highest BCUT2D eigenvalue weighted by molar-refractivity contribution is 7.15. The van der Waals surface area contributed by atoms with Gasteiger partial charge in [-0.15, -0.1) is 68.0 Å². The van der Waals surface area contributed by atoms with Crippen LogP contribution in [0.2, 0.25) is 0 Å². The summed E-state index contributed by atoms with van der Waals surface area (Å²) in [5, 5.41) is 52.3. The second-order valence-electron chi connectivity index (χ2n) is 20.8. The summed E-state index contributed by atoms with van der Waals surface area (Å²) in [7, 11) is 0. The van der Waals surface area contributed by atoms with Gasteiger partial charge in [-0.1, -0.05) is 12.2 Å². The van der Waals surface area contributed by atoms with E-state index in [2.05, 4.69) is 62.1 Å². The highest BCUT2D eigenvalue weighted by Gasteiger charge is 2.36. The first-order valence-electron chi connectivity index (χ1n) is 27.5. The van der Waals surface area contributed by atoms with Crippen molar-refractivity contribution in [2.24, 2.45) is 0 Å². The zero-order valence-electron chi connectivity index (χ0n) is 48.9. The van der Waals surface area contributed by atoms with Gasteiger partial charge < -0.3 is 57.2 Å². The van der Waals surface area contributed by atoms with Crippen LogP contribution in [0.25, 0.3) is 60.0 Å². The minimum Gasteiger partial charge on any atom is -0.444 e. The molecule has 9 heterocycles. The number of halogens is 1. The Morgan fingerprint density at radius 1 is 0.703 bits per heavy atom. The average Bonchev–Trinajstić information content (AvgIpc) is 1.79. The summed E-state index contributed by atoms with van der Waals surface area (Å²) in [5.74, 6) is -5.16. The zero-order chi connectivity index (χ0) is 65.0. The molecular weight excluding hydrogens is 1290 g/mol. The Morgan fingerprint density at radius 2 is 1.32 bits per heavy atom. The predicted octanol–water partition coefficient (Wildman–Crippen LogP) is 7.45. The van der Waals surface area contributed by atoms with Gasteiger partial charge in [-0.25, -0.2) is 44.1 Å². The van der Waals surface area contributed by atoms with E-state index in [0.29, 0.717) is 43.6 Å². The smallest absolute Gasteiger partial charge is 0.407 e. The summed E-state index contributed by atoms with van der Waals surface area (Å²) in [5.41, 5.74) is 0.773. The molecule has 0 saturated heterocycles. The molecule has 9 aromatic rings. The number of pyridine rings is 1. The fraction of sp³-hybridized carbons (Fsp3) is 0.259. The summed E-state index contributed by atoms with van der Waals surface area (Å²) in [6.07, 6.45) is -0.567. The summed E-state index contributed by atoms with van der Waals surface area (Å²) < 4.78 is 20.0. The highest BCUT2D eigenvalue weighted by Crippen LogP contribution is 2.39. The number of nitrogens with zero attached hydrogens (tertiary/aromatic N) is 7. The van der Waals surface area contributed by atoms with Crippen molar-refractivity contribution in [3.05, 3.63) is 136 Å². The molecule has 0 aliphatic carbocycles. The summed E-state index contributed by atoms with van der Waals surface area (Å²) >= 11 is 6.45. The fourth-order valence-electron chi connectivity index (χ4n) is 8.87. The number of carbonyl (C=O) groups is 8. The molecule has 91 heavy (non-hydrogen) atoms.